The molecule has 2 rings (SSSR count). The molecule has 1 amide bonds. The van der Waals surface area contributed by atoms with E-state index < -0.39 is 0 Å². The molecule has 18 heavy (non-hydrogen) atoms. The van der Waals surface area contributed by atoms with Gasteiger partial charge in [-0.2, -0.15) is 0 Å². The molecule has 0 aliphatic carbocycles. The van der Waals surface area contributed by atoms with Gasteiger partial charge in [-0.3, -0.25) is 4.79 Å². The van der Waals surface area contributed by atoms with Crippen LogP contribution in [0.25, 0.3) is 0 Å². The molecule has 0 radical (unpaired) electrons. The lowest BCUT2D eigenvalue weighted by Gasteiger charge is -2.18. The van der Waals surface area contributed by atoms with Crippen LogP contribution in [0.1, 0.15) is 19.8 Å². The van der Waals surface area contributed by atoms with Crippen LogP contribution >= 0.6 is 0 Å². The van der Waals surface area contributed by atoms with Crippen LogP contribution in [0.5, 0.6) is 0 Å². The Hall–Kier alpha value is -1.55. The van der Waals surface area contributed by atoms with Gasteiger partial charge in [0.15, 0.2) is 0 Å². The molecule has 0 bridgehead atoms. The van der Waals surface area contributed by atoms with Gasteiger partial charge in [-0.05, 0) is 37.1 Å². The van der Waals surface area contributed by atoms with Crippen molar-refractivity contribution in [1.29, 1.82) is 0 Å². The van der Waals surface area contributed by atoms with E-state index in [1.54, 1.807) is 0 Å². The smallest absolute Gasteiger partial charge is 0.228 e. The first-order valence-corrected chi connectivity index (χ1v) is 6.56. The number of rotatable bonds is 4. The molecule has 1 aromatic rings. The monoisotopic (exact) mass is 247 g/mol. The first-order valence-electron chi connectivity index (χ1n) is 6.56. The Labute approximate surface area is 108 Å². The van der Waals surface area contributed by atoms with Crippen molar-refractivity contribution in [2.24, 2.45) is 11.7 Å². The number of nitrogens with zero attached hydrogens (tertiary/aromatic N) is 1. The minimum absolute atomic E-state index is 0.0218. The van der Waals surface area contributed by atoms with Crippen LogP contribution in [0.2, 0.25) is 0 Å². The SMILES string of the molecule is CC(CN)C(=O)Nc1ccc(N2CCCC2)cc1. The van der Waals surface area contributed by atoms with Crippen LogP contribution in [0, 0.1) is 5.92 Å². The molecule has 3 N–H and O–H groups in total. The summed E-state index contributed by atoms with van der Waals surface area (Å²) in [6, 6.07) is 8.03. The number of carbonyl (C=O) groups is 1. The first-order chi connectivity index (χ1) is 8.70. The lowest BCUT2D eigenvalue weighted by atomic mass is 10.1. The highest BCUT2D eigenvalue weighted by Crippen LogP contribution is 2.22. The fourth-order valence-electron chi connectivity index (χ4n) is 2.10. The quantitative estimate of drug-likeness (QED) is 0.853. The zero-order chi connectivity index (χ0) is 13.0. The normalized spacial score (nSPS) is 16.7. The summed E-state index contributed by atoms with van der Waals surface area (Å²) in [7, 11) is 0. The van der Waals surface area contributed by atoms with Crippen LogP contribution < -0.4 is 16.0 Å². The van der Waals surface area contributed by atoms with Gasteiger partial charge in [0.1, 0.15) is 0 Å². The number of carbonyl (C=O) groups excluding carboxylic acids is 1. The Bertz CT molecular complexity index is 396. The van der Waals surface area contributed by atoms with Crippen LogP contribution in [-0.4, -0.2) is 25.5 Å². The summed E-state index contributed by atoms with van der Waals surface area (Å²) < 4.78 is 0. The van der Waals surface area contributed by atoms with E-state index in [0.717, 1.165) is 18.8 Å². The van der Waals surface area contributed by atoms with E-state index in [-0.39, 0.29) is 11.8 Å². The molecule has 1 aromatic carbocycles. The van der Waals surface area contributed by atoms with Gasteiger partial charge < -0.3 is 16.0 Å². The predicted octanol–water partition coefficient (Wildman–Crippen LogP) is 1.82. The maximum atomic E-state index is 11.7. The van der Waals surface area contributed by atoms with Crippen LogP contribution in [-0.2, 0) is 4.79 Å². The highest BCUT2D eigenvalue weighted by atomic mass is 16.1. The van der Waals surface area contributed by atoms with Gasteiger partial charge in [0, 0.05) is 36.9 Å². The van der Waals surface area contributed by atoms with Crippen molar-refractivity contribution in [3.63, 3.8) is 0 Å². The van der Waals surface area contributed by atoms with Gasteiger partial charge in [-0.25, -0.2) is 0 Å². The second-order valence-electron chi connectivity index (χ2n) is 4.87. The lowest BCUT2D eigenvalue weighted by molar-refractivity contribution is -0.119. The Morgan fingerprint density at radius 2 is 1.94 bits per heavy atom. The van der Waals surface area contributed by atoms with Gasteiger partial charge in [-0.15, -0.1) is 0 Å². The van der Waals surface area contributed by atoms with Crippen molar-refractivity contribution in [2.75, 3.05) is 29.9 Å². The Kier molecular flexibility index (Phi) is 4.20. The van der Waals surface area contributed by atoms with E-state index >= 15 is 0 Å². The number of benzene rings is 1. The summed E-state index contributed by atoms with van der Waals surface area (Å²) >= 11 is 0. The van der Waals surface area contributed by atoms with Crippen molar-refractivity contribution in [3.05, 3.63) is 24.3 Å². The van der Waals surface area contributed by atoms with E-state index in [9.17, 15) is 4.79 Å². The van der Waals surface area contributed by atoms with Crippen LogP contribution in [0.15, 0.2) is 24.3 Å². The first kappa shape index (κ1) is 12.9. The van der Waals surface area contributed by atoms with E-state index in [2.05, 4.69) is 22.3 Å². The van der Waals surface area contributed by atoms with E-state index in [1.165, 1.54) is 18.5 Å². The Morgan fingerprint density at radius 3 is 2.50 bits per heavy atom. The Morgan fingerprint density at radius 1 is 1.33 bits per heavy atom. The van der Waals surface area contributed by atoms with Gasteiger partial charge in [-0.1, -0.05) is 6.92 Å². The standard InChI is InChI=1S/C14H21N3O/c1-11(10-15)14(18)16-12-4-6-13(7-5-12)17-8-2-3-9-17/h4-7,11H,2-3,8-10,15H2,1H3,(H,16,18). The number of nitrogens with two attached hydrogens (primary N) is 1. The fourth-order valence-corrected chi connectivity index (χ4v) is 2.10. The summed E-state index contributed by atoms with van der Waals surface area (Å²) in [5.74, 6) is -0.172. The molecule has 1 atom stereocenters. The molecule has 1 fully saturated rings. The van der Waals surface area contributed by atoms with Gasteiger partial charge >= 0.3 is 0 Å². The maximum Gasteiger partial charge on any atom is 0.228 e. The number of hydrogen-bond acceptors (Lipinski definition) is 3. The molecule has 1 saturated heterocycles. The van der Waals surface area contributed by atoms with Gasteiger partial charge in [0.05, 0.1) is 0 Å². The highest BCUT2D eigenvalue weighted by Gasteiger charge is 2.13. The second kappa shape index (κ2) is 5.87. The van der Waals surface area contributed by atoms with E-state index in [4.69, 9.17) is 5.73 Å². The number of hydrogen-bond donors (Lipinski definition) is 2. The summed E-state index contributed by atoms with van der Waals surface area (Å²) in [4.78, 5) is 14.1. The molecule has 0 aromatic heterocycles. The zero-order valence-corrected chi connectivity index (χ0v) is 10.9. The van der Waals surface area contributed by atoms with Crippen LogP contribution in [0.4, 0.5) is 11.4 Å². The molecule has 0 spiro atoms. The highest BCUT2D eigenvalue weighted by molar-refractivity contribution is 5.92. The van der Waals surface area contributed by atoms with Crippen molar-refractivity contribution in [2.45, 2.75) is 19.8 Å². The molecule has 1 unspecified atom stereocenters. The molecule has 1 aliphatic heterocycles. The van der Waals surface area contributed by atoms with Crippen LogP contribution in [0.3, 0.4) is 0 Å². The molecule has 4 nitrogen and oxygen atoms in total. The number of amides is 1. The van der Waals surface area contributed by atoms with Gasteiger partial charge in [0.25, 0.3) is 0 Å². The molecule has 0 saturated carbocycles. The third-order valence-electron chi connectivity index (χ3n) is 3.41. The molecule has 1 aliphatic rings. The zero-order valence-electron chi connectivity index (χ0n) is 10.9. The number of nitrogens with one attached hydrogen (secondary N) is 1. The average molecular weight is 247 g/mol. The van der Waals surface area contributed by atoms with Crippen molar-refractivity contribution in [1.82, 2.24) is 0 Å². The third kappa shape index (κ3) is 3.01. The molecular formula is C14H21N3O. The summed E-state index contributed by atoms with van der Waals surface area (Å²) in [6.07, 6.45) is 2.54. The lowest BCUT2D eigenvalue weighted by Crippen LogP contribution is -2.26. The number of anilines is 2. The fraction of sp³-hybridized carbons (Fsp3) is 0.500. The summed E-state index contributed by atoms with van der Waals surface area (Å²) in [5.41, 5.74) is 7.54. The van der Waals surface area contributed by atoms with Crippen molar-refractivity contribution >= 4 is 17.3 Å². The van der Waals surface area contributed by atoms with Gasteiger partial charge in [0.2, 0.25) is 5.91 Å². The summed E-state index contributed by atoms with van der Waals surface area (Å²) in [6.45, 7) is 4.47. The topological polar surface area (TPSA) is 58.4 Å². The van der Waals surface area contributed by atoms with E-state index in [1.807, 2.05) is 19.1 Å². The maximum absolute atomic E-state index is 11.7. The average Bonchev–Trinajstić information content (AvgIpc) is 2.92. The predicted molar refractivity (Wildman–Crippen MR) is 74.7 cm³/mol. The third-order valence-corrected chi connectivity index (χ3v) is 3.41. The molecule has 98 valence electrons. The minimum atomic E-state index is -0.150. The van der Waals surface area contributed by atoms with E-state index in [0.29, 0.717) is 6.54 Å². The van der Waals surface area contributed by atoms with Crippen molar-refractivity contribution in [3.8, 4) is 0 Å². The Balaban J connectivity index is 1.97. The summed E-state index contributed by atoms with van der Waals surface area (Å²) in [5, 5.41) is 2.87. The second-order valence-corrected chi connectivity index (χ2v) is 4.87. The largest absolute Gasteiger partial charge is 0.372 e. The minimum Gasteiger partial charge on any atom is -0.372 e. The molecule has 1 heterocycles. The molecule has 4 heteroatoms. The van der Waals surface area contributed by atoms with Crippen molar-refractivity contribution < 1.29 is 4.79 Å². The molecular weight excluding hydrogens is 226 g/mol.